The minimum absolute atomic E-state index is 0.0335. The number of benzene rings is 3. The molecule has 2 unspecified atom stereocenters. The fourth-order valence-corrected chi connectivity index (χ4v) is 12.3. The lowest BCUT2D eigenvalue weighted by Crippen LogP contribution is -2.64. The van der Waals surface area contributed by atoms with Gasteiger partial charge in [-0.05, 0) is 116 Å². The molecule has 0 radical (unpaired) electrons. The molecule has 6 aromatic rings. The van der Waals surface area contributed by atoms with Crippen molar-refractivity contribution in [1.82, 2.24) is 25.1 Å². The molecule has 1 amide bonds. The van der Waals surface area contributed by atoms with Crippen molar-refractivity contribution in [1.29, 1.82) is 0 Å². The molecule has 10 rings (SSSR count). The molecule has 4 aliphatic rings. The molecule has 0 spiro atoms. The number of carbonyl (C=O) groups is 2. The van der Waals surface area contributed by atoms with Gasteiger partial charge in [-0.2, -0.15) is 5.10 Å². The number of nitrogens with zero attached hydrogens (tertiary/aromatic N) is 4. The molecule has 3 heterocycles. The number of rotatable bonds is 11. The summed E-state index contributed by atoms with van der Waals surface area (Å²) in [5.41, 5.74) is 5.16. The van der Waals surface area contributed by atoms with Crippen LogP contribution in [-0.2, 0) is 11.3 Å². The van der Waals surface area contributed by atoms with Gasteiger partial charge >= 0.3 is 5.97 Å². The molecule has 3 N–H and O–H groups in total. The van der Waals surface area contributed by atoms with Crippen LogP contribution in [0.5, 0.6) is 0 Å². The topological polar surface area (TPSA) is 131 Å². The minimum atomic E-state index is -1.11. The van der Waals surface area contributed by atoms with Crippen LogP contribution in [0.4, 0.5) is 5.13 Å². The maximum Gasteiger partial charge on any atom is 0.355 e. The quantitative estimate of drug-likeness (QED) is 0.112. The number of pyridine rings is 1. The van der Waals surface area contributed by atoms with Crippen molar-refractivity contribution in [2.24, 2.45) is 16.2 Å². The number of likely N-dealkylation sites (N-methyl/N-ethyl adjacent to an activating group) is 1. The Bertz CT molecular complexity index is 2450. The number of carbonyl (C=O) groups excluding carboxylic acids is 1. The fourth-order valence-electron chi connectivity index (χ4n) is 11.4. The summed E-state index contributed by atoms with van der Waals surface area (Å²) >= 11 is 1.43. The highest BCUT2D eigenvalue weighted by atomic mass is 32.1. The number of ether oxygens (including phenoxy) is 1. The van der Waals surface area contributed by atoms with E-state index < -0.39 is 5.97 Å². The summed E-state index contributed by atoms with van der Waals surface area (Å²) in [5.74, 6) is -1.37. The second kappa shape index (κ2) is 13.1. The van der Waals surface area contributed by atoms with Crippen LogP contribution in [0.1, 0.15) is 78.9 Å². The number of para-hydroxylation sites is 1. The maximum atomic E-state index is 13.6. The van der Waals surface area contributed by atoms with Crippen LogP contribution < -0.4 is 10.6 Å². The number of aromatic nitrogens is 4. The van der Waals surface area contributed by atoms with Gasteiger partial charge in [0.1, 0.15) is 0 Å². The second-order valence-corrected chi connectivity index (χ2v) is 18.2. The van der Waals surface area contributed by atoms with Gasteiger partial charge in [-0.3, -0.25) is 14.8 Å². The number of anilines is 1. The molecule has 2 atom stereocenters. The number of fused-ring (bicyclic) bond motifs is 2. The Morgan fingerprint density at radius 2 is 1.71 bits per heavy atom. The smallest absolute Gasteiger partial charge is 0.355 e. The van der Waals surface area contributed by atoms with E-state index in [2.05, 4.69) is 34.1 Å². The monoisotopic (exact) mass is 754 g/mol. The molecule has 3 aromatic carbocycles. The van der Waals surface area contributed by atoms with Crippen molar-refractivity contribution in [3.8, 4) is 22.4 Å². The van der Waals surface area contributed by atoms with Crippen LogP contribution in [0.2, 0.25) is 0 Å². The standard InChI is InChI=1S/C44H46N6O4S/c1-27-33(19-46-50(27)26-43-21-41(2)20-42(3,22-43)24-44(23-41,25-43)54-17-16-45-4)30-14-15-34(47-37(30)39(52)53)29-13-12-28-8-7-9-31(32(28)18-29)38(51)49-40-48-35-10-5-6-11-36(35)55-40/h5-15,18-19,45H,16-17,20-26H2,1-4H3,(H,52,53)(H,48,49,51). The maximum absolute atomic E-state index is 13.6. The van der Waals surface area contributed by atoms with Crippen molar-refractivity contribution in [2.75, 3.05) is 25.5 Å². The molecule has 0 aliphatic heterocycles. The van der Waals surface area contributed by atoms with Gasteiger partial charge in [0.05, 0.1) is 34.3 Å². The van der Waals surface area contributed by atoms with Gasteiger partial charge in [0.15, 0.2) is 10.8 Å². The molecule has 10 nitrogen and oxygen atoms in total. The first kappa shape index (κ1) is 35.7. The number of nitrogens with one attached hydrogen (secondary N) is 2. The molecule has 4 fully saturated rings. The SMILES string of the molecule is CNCCOC12CC3(C)CC(C)(CC(Cn4ncc(-c5ccc(-c6ccc7cccc(C(=O)Nc8nc9ccccc9s8)c7c6)nc5C(=O)O)c4C)(C3)C1)C2. The molecule has 11 heteroatoms. The first-order valence-corrected chi connectivity index (χ1v) is 20.0. The third kappa shape index (κ3) is 6.41. The molecule has 55 heavy (non-hydrogen) atoms. The van der Waals surface area contributed by atoms with Gasteiger partial charge in [-0.25, -0.2) is 14.8 Å². The number of aromatic carboxylic acids is 1. The number of thiazole rings is 1. The minimum Gasteiger partial charge on any atom is -0.476 e. The van der Waals surface area contributed by atoms with E-state index in [4.69, 9.17) is 14.8 Å². The van der Waals surface area contributed by atoms with E-state index in [1.54, 1.807) is 12.3 Å². The zero-order valence-electron chi connectivity index (χ0n) is 31.7. The normalized spacial score (nSPS) is 25.5. The van der Waals surface area contributed by atoms with E-state index in [0.29, 0.717) is 34.1 Å². The van der Waals surface area contributed by atoms with E-state index in [-0.39, 0.29) is 33.4 Å². The third-order valence-corrected chi connectivity index (χ3v) is 13.3. The van der Waals surface area contributed by atoms with Crippen LogP contribution in [-0.4, -0.2) is 62.5 Å². The highest BCUT2D eigenvalue weighted by molar-refractivity contribution is 7.22. The largest absolute Gasteiger partial charge is 0.476 e. The molecule has 0 saturated heterocycles. The van der Waals surface area contributed by atoms with Crippen molar-refractivity contribution in [2.45, 2.75) is 71.4 Å². The molecule has 4 saturated carbocycles. The lowest BCUT2D eigenvalue weighted by molar-refractivity contribution is -0.247. The number of hydrogen-bond acceptors (Lipinski definition) is 8. The lowest BCUT2D eigenvalue weighted by Gasteiger charge is -2.69. The van der Waals surface area contributed by atoms with Crippen molar-refractivity contribution >= 4 is 49.3 Å². The highest BCUT2D eigenvalue weighted by Crippen LogP contribution is 2.72. The van der Waals surface area contributed by atoms with Gasteiger partial charge < -0.3 is 15.2 Å². The summed E-state index contributed by atoms with van der Waals surface area (Å²) in [6, 6.07) is 22.8. The molecule has 4 bridgehead atoms. The molecule has 4 aliphatic carbocycles. The van der Waals surface area contributed by atoms with Crippen LogP contribution in [0.15, 0.2) is 79.0 Å². The Hall–Kier alpha value is -4.97. The Kier molecular flexibility index (Phi) is 8.49. The van der Waals surface area contributed by atoms with Crippen molar-refractivity contribution < 1.29 is 19.4 Å². The molecule has 282 valence electrons. The van der Waals surface area contributed by atoms with E-state index in [9.17, 15) is 14.7 Å². The summed E-state index contributed by atoms with van der Waals surface area (Å²) in [4.78, 5) is 35.7. The molecule has 3 aromatic heterocycles. The summed E-state index contributed by atoms with van der Waals surface area (Å²) < 4.78 is 9.85. The summed E-state index contributed by atoms with van der Waals surface area (Å²) in [6.45, 7) is 9.28. The molecular weight excluding hydrogens is 709 g/mol. The van der Waals surface area contributed by atoms with E-state index in [1.165, 1.54) is 17.8 Å². The zero-order valence-corrected chi connectivity index (χ0v) is 32.6. The fraction of sp³-hybridized carbons (Fsp3) is 0.386. The summed E-state index contributed by atoms with van der Waals surface area (Å²) in [7, 11) is 1.97. The summed E-state index contributed by atoms with van der Waals surface area (Å²) in [6.07, 6.45) is 8.58. The third-order valence-electron chi connectivity index (χ3n) is 12.3. The second-order valence-electron chi connectivity index (χ2n) is 17.2. The Morgan fingerprint density at radius 3 is 2.47 bits per heavy atom. The van der Waals surface area contributed by atoms with Crippen LogP contribution in [0.3, 0.4) is 0 Å². The van der Waals surface area contributed by atoms with Gasteiger partial charge in [0.2, 0.25) is 0 Å². The van der Waals surface area contributed by atoms with Gasteiger partial charge in [0.25, 0.3) is 5.91 Å². The van der Waals surface area contributed by atoms with Gasteiger partial charge in [-0.1, -0.05) is 61.6 Å². The predicted molar refractivity (Wildman–Crippen MR) is 217 cm³/mol. The van der Waals surface area contributed by atoms with Crippen LogP contribution in [0, 0.1) is 23.2 Å². The van der Waals surface area contributed by atoms with Gasteiger partial charge in [0, 0.05) is 41.0 Å². The zero-order chi connectivity index (χ0) is 38.2. The number of amides is 1. The van der Waals surface area contributed by atoms with Crippen molar-refractivity contribution in [3.05, 3.63) is 95.9 Å². The van der Waals surface area contributed by atoms with Crippen LogP contribution in [0.25, 0.3) is 43.4 Å². The van der Waals surface area contributed by atoms with E-state index in [1.807, 2.05) is 80.7 Å². The Morgan fingerprint density at radius 1 is 0.909 bits per heavy atom. The number of carboxylic acids is 1. The van der Waals surface area contributed by atoms with Crippen molar-refractivity contribution in [3.63, 3.8) is 0 Å². The first-order valence-electron chi connectivity index (χ1n) is 19.1. The number of carboxylic acid groups (broad SMARTS) is 1. The average Bonchev–Trinajstić information content (AvgIpc) is 3.71. The van der Waals surface area contributed by atoms with Crippen LogP contribution >= 0.6 is 11.3 Å². The van der Waals surface area contributed by atoms with Gasteiger partial charge in [-0.15, -0.1) is 0 Å². The predicted octanol–water partition coefficient (Wildman–Crippen LogP) is 8.99. The first-order chi connectivity index (χ1) is 26.4. The molecular formula is C44H46N6O4S. The highest BCUT2D eigenvalue weighted by Gasteiger charge is 2.66. The number of hydrogen-bond donors (Lipinski definition) is 3. The Labute approximate surface area is 324 Å². The lowest BCUT2D eigenvalue weighted by atomic mass is 9.39. The van der Waals surface area contributed by atoms with E-state index >= 15 is 0 Å². The Balaban J connectivity index is 1.01. The van der Waals surface area contributed by atoms with E-state index in [0.717, 1.165) is 77.4 Å². The average molecular weight is 755 g/mol. The summed E-state index contributed by atoms with van der Waals surface area (Å²) in [5, 5.41) is 23.8.